The molecule has 0 radical (unpaired) electrons. The SMILES string of the molecule is O=C(N[C@@H]1C[C@@H]2CCN(C2)C1)c1cn2c(Br)ccc2cn1. The van der Waals surface area contributed by atoms with E-state index in [1.807, 2.05) is 16.5 Å². The van der Waals surface area contributed by atoms with Crippen LogP contribution >= 0.6 is 15.9 Å². The summed E-state index contributed by atoms with van der Waals surface area (Å²) in [5, 5.41) is 3.14. The van der Waals surface area contributed by atoms with Crippen LogP contribution in [0.5, 0.6) is 0 Å². The first-order valence-corrected chi connectivity index (χ1v) is 8.14. The predicted octanol–water partition coefficient (Wildman–Crippen LogP) is 1.92. The lowest BCUT2D eigenvalue weighted by molar-refractivity contribution is 0.0904. The summed E-state index contributed by atoms with van der Waals surface area (Å²) in [4.78, 5) is 19.1. The number of nitrogens with one attached hydrogen (secondary N) is 1. The van der Waals surface area contributed by atoms with Gasteiger partial charge in [-0.25, -0.2) is 4.98 Å². The molecule has 2 aromatic rings. The second-order valence-corrected chi connectivity index (χ2v) is 6.86. The van der Waals surface area contributed by atoms with Gasteiger partial charge in [-0.2, -0.15) is 0 Å². The zero-order valence-electron chi connectivity index (χ0n) is 11.6. The van der Waals surface area contributed by atoms with Crippen molar-refractivity contribution in [2.24, 2.45) is 5.92 Å². The number of piperidine rings is 1. The summed E-state index contributed by atoms with van der Waals surface area (Å²) in [5.41, 5.74) is 1.44. The first-order valence-electron chi connectivity index (χ1n) is 7.35. The number of nitrogens with zero attached hydrogens (tertiary/aromatic N) is 3. The molecule has 2 bridgehead atoms. The monoisotopic (exact) mass is 348 g/mol. The van der Waals surface area contributed by atoms with Crippen LogP contribution < -0.4 is 5.32 Å². The van der Waals surface area contributed by atoms with Crippen LogP contribution in [0, 0.1) is 5.92 Å². The van der Waals surface area contributed by atoms with Gasteiger partial charge in [-0.05, 0) is 53.4 Å². The van der Waals surface area contributed by atoms with Crippen LogP contribution in [-0.4, -0.2) is 45.9 Å². The fourth-order valence-electron chi connectivity index (χ4n) is 3.51. The summed E-state index contributed by atoms with van der Waals surface area (Å²) in [6, 6.07) is 4.17. The molecule has 4 heterocycles. The fraction of sp³-hybridized carbons (Fsp3) is 0.467. The summed E-state index contributed by atoms with van der Waals surface area (Å²) in [7, 11) is 0. The van der Waals surface area contributed by atoms with E-state index >= 15 is 0 Å². The fourth-order valence-corrected chi connectivity index (χ4v) is 3.95. The van der Waals surface area contributed by atoms with Crippen molar-refractivity contribution in [1.29, 1.82) is 0 Å². The highest BCUT2D eigenvalue weighted by Gasteiger charge is 2.33. The smallest absolute Gasteiger partial charge is 0.271 e. The zero-order chi connectivity index (χ0) is 14.4. The van der Waals surface area contributed by atoms with Gasteiger partial charge >= 0.3 is 0 Å². The predicted molar refractivity (Wildman–Crippen MR) is 83.3 cm³/mol. The summed E-state index contributed by atoms with van der Waals surface area (Å²) >= 11 is 3.47. The van der Waals surface area contributed by atoms with Gasteiger partial charge in [0.1, 0.15) is 5.69 Å². The third-order valence-electron chi connectivity index (χ3n) is 4.52. The topological polar surface area (TPSA) is 49.6 Å². The van der Waals surface area contributed by atoms with Crippen molar-refractivity contribution in [2.75, 3.05) is 19.6 Å². The highest BCUT2D eigenvalue weighted by Crippen LogP contribution is 2.26. The molecule has 110 valence electrons. The summed E-state index contributed by atoms with van der Waals surface area (Å²) < 4.78 is 2.85. The highest BCUT2D eigenvalue weighted by molar-refractivity contribution is 9.10. The number of aromatic nitrogens is 2. The summed E-state index contributed by atoms with van der Waals surface area (Å²) in [6.07, 6.45) is 5.88. The van der Waals surface area contributed by atoms with Gasteiger partial charge < -0.3 is 14.6 Å². The number of fused-ring (bicyclic) bond motifs is 3. The molecular formula is C15H17BrN4O. The molecule has 2 aliphatic heterocycles. The molecule has 2 saturated heterocycles. The summed E-state index contributed by atoms with van der Waals surface area (Å²) in [6.45, 7) is 3.35. The van der Waals surface area contributed by atoms with E-state index in [2.05, 4.69) is 31.1 Å². The van der Waals surface area contributed by atoms with Gasteiger partial charge in [0, 0.05) is 25.3 Å². The maximum absolute atomic E-state index is 12.4. The van der Waals surface area contributed by atoms with Gasteiger partial charge in [0.15, 0.2) is 0 Å². The Labute approximate surface area is 131 Å². The van der Waals surface area contributed by atoms with Crippen LogP contribution in [0.3, 0.4) is 0 Å². The van der Waals surface area contributed by atoms with E-state index in [1.54, 1.807) is 12.4 Å². The second-order valence-electron chi connectivity index (χ2n) is 6.04. The summed E-state index contributed by atoms with van der Waals surface area (Å²) in [5.74, 6) is 0.670. The molecule has 0 spiro atoms. The molecule has 4 rings (SSSR count). The highest BCUT2D eigenvalue weighted by atomic mass is 79.9. The van der Waals surface area contributed by atoms with E-state index in [0.717, 1.165) is 29.0 Å². The van der Waals surface area contributed by atoms with E-state index in [1.165, 1.54) is 19.5 Å². The van der Waals surface area contributed by atoms with E-state index in [4.69, 9.17) is 0 Å². The largest absolute Gasteiger partial charge is 0.347 e. The molecule has 21 heavy (non-hydrogen) atoms. The maximum Gasteiger partial charge on any atom is 0.271 e. The zero-order valence-corrected chi connectivity index (χ0v) is 13.2. The van der Waals surface area contributed by atoms with Crippen LogP contribution in [0.1, 0.15) is 23.3 Å². The van der Waals surface area contributed by atoms with Gasteiger partial charge in [-0.15, -0.1) is 0 Å². The minimum Gasteiger partial charge on any atom is -0.347 e. The van der Waals surface area contributed by atoms with Crippen molar-refractivity contribution >= 4 is 27.4 Å². The van der Waals surface area contributed by atoms with Crippen molar-refractivity contribution < 1.29 is 4.79 Å². The molecule has 0 aromatic carbocycles. The molecule has 1 unspecified atom stereocenters. The van der Waals surface area contributed by atoms with E-state index in [-0.39, 0.29) is 11.9 Å². The molecule has 5 nitrogen and oxygen atoms in total. The number of rotatable bonds is 2. The van der Waals surface area contributed by atoms with Crippen LogP contribution in [0.2, 0.25) is 0 Å². The van der Waals surface area contributed by atoms with Gasteiger partial charge in [-0.1, -0.05) is 0 Å². The first-order chi connectivity index (χ1) is 10.2. The standard InChI is InChI=1S/C15H17BrN4O/c16-14-2-1-12-6-17-13(9-20(12)14)15(21)18-11-5-10-3-4-19(7-10)8-11/h1-2,6,9-11H,3-5,7-8H2,(H,18,21)/t10-,11+/m0/s1. The van der Waals surface area contributed by atoms with Crippen LogP contribution in [-0.2, 0) is 0 Å². The minimum absolute atomic E-state index is 0.0787. The third kappa shape index (κ3) is 2.46. The molecular weight excluding hydrogens is 332 g/mol. The normalized spacial score (nSPS) is 28.0. The van der Waals surface area contributed by atoms with E-state index in [0.29, 0.717) is 5.69 Å². The maximum atomic E-state index is 12.4. The van der Waals surface area contributed by atoms with Gasteiger partial charge in [0.25, 0.3) is 5.91 Å². The van der Waals surface area contributed by atoms with Gasteiger partial charge in [0.05, 0.1) is 16.3 Å². The Bertz CT molecular complexity index is 686. The molecule has 3 atom stereocenters. The Hall–Kier alpha value is -1.40. The average Bonchev–Trinajstić information content (AvgIpc) is 3.02. The van der Waals surface area contributed by atoms with Crippen LogP contribution in [0.15, 0.2) is 29.1 Å². The number of halogens is 1. The molecule has 6 heteroatoms. The second kappa shape index (κ2) is 5.10. The van der Waals surface area contributed by atoms with Crippen molar-refractivity contribution in [2.45, 2.75) is 18.9 Å². The molecule has 2 aromatic heterocycles. The molecule has 2 fully saturated rings. The molecule has 0 aliphatic carbocycles. The Balaban J connectivity index is 1.52. The Morgan fingerprint density at radius 2 is 2.29 bits per heavy atom. The van der Waals surface area contributed by atoms with E-state index < -0.39 is 0 Å². The number of hydrogen-bond donors (Lipinski definition) is 1. The van der Waals surface area contributed by atoms with E-state index in [9.17, 15) is 4.79 Å². The molecule has 2 aliphatic rings. The lowest BCUT2D eigenvalue weighted by atomic mass is 9.97. The number of carbonyl (C=O) groups is 1. The Kier molecular flexibility index (Phi) is 3.23. The first kappa shape index (κ1) is 13.3. The average molecular weight is 349 g/mol. The number of hydrogen-bond acceptors (Lipinski definition) is 3. The quantitative estimate of drug-likeness (QED) is 0.901. The van der Waals surface area contributed by atoms with Crippen molar-refractivity contribution in [3.8, 4) is 0 Å². The molecule has 1 amide bonds. The Morgan fingerprint density at radius 1 is 1.38 bits per heavy atom. The van der Waals surface area contributed by atoms with Gasteiger partial charge in [0.2, 0.25) is 0 Å². The minimum atomic E-state index is -0.0787. The Morgan fingerprint density at radius 3 is 3.14 bits per heavy atom. The number of amides is 1. The molecule has 1 N–H and O–H groups in total. The van der Waals surface area contributed by atoms with Crippen LogP contribution in [0.4, 0.5) is 0 Å². The van der Waals surface area contributed by atoms with Crippen LogP contribution in [0.25, 0.3) is 5.52 Å². The van der Waals surface area contributed by atoms with Crippen molar-refractivity contribution in [3.63, 3.8) is 0 Å². The van der Waals surface area contributed by atoms with Crippen molar-refractivity contribution in [1.82, 2.24) is 19.6 Å². The van der Waals surface area contributed by atoms with Crippen molar-refractivity contribution in [3.05, 3.63) is 34.8 Å². The van der Waals surface area contributed by atoms with Gasteiger partial charge in [-0.3, -0.25) is 4.79 Å². The lowest BCUT2D eigenvalue weighted by Crippen LogP contribution is -2.47. The lowest BCUT2D eigenvalue weighted by Gasteiger charge is -2.30. The molecule has 0 saturated carbocycles. The third-order valence-corrected chi connectivity index (χ3v) is 5.17. The number of carbonyl (C=O) groups excluding carboxylic acids is 1.